The van der Waals surface area contributed by atoms with Crippen molar-refractivity contribution in [1.29, 1.82) is 0 Å². The zero-order valence-electron chi connectivity index (χ0n) is 31.1. The van der Waals surface area contributed by atoms with E-state index in [2.05, 4.69) is 16.0 Å². The van der Waals surface area contributed by atoms with Gasteiger partial charge in [0, 0.05) is 49.4 Å². The highest BCUT2D eigenvalue weighted by molar-refractivity contribution is 6.07. The van der Waals surface area contributed by atoms with Crippen molar-refractivity contribution in [2.75, 3.05) is 56.4 Å². The number of ether oxygens (including phenoxy) is 3. The molecule has 12 nitrogen and oxygen atoms in total. The first-order chi connectivity index (χ1) is 25.6. The molecule has 4 aromatic carbocycles. The average molecular weight is 726 g/mol. The van der Waals surface area contributed by atoms with Crippen LogP contribution in [0.25, 0.3) is 10.8 Å². The smallest absolute Gasteiger partial charge is 0.323 e. The number of amides is 5. The zero-order valence-corrected chi connectivity index (χ0v) is 31.1. The van der Waals surface area contributed by atoms with Gasteiger partial charge in [-0.2, -0.15) is 0 Å². The summed E-state index contributed by atoms with van der Waals surface area (Å²) in [6.45, 7) is 6.42. The minimum atomic E-state index is -0.550. The molecule has 0 bridgehead atoms. The number of urea groups is 2. The Morgan fingerprint density at radius 1 is 0.962 bits per heavy atom. The molecular weight excluding hydrogens is 674 g/mol. The second-order valence-electron chi connectivity index (χ2n) is 13.7. The monoisotopic (exact) mass is 725 g/mol. The standard InChI is InChI=1S/C41H51N5O7/c1-27-24-46(28(2)26-47)39(48)35-23-32(42-40(49)44-36-15-10-13-30-12-6-7-14-34(30)36)18-21-37(35)53-29(3)11-8-9-22-52-38(27)25-45(4)41(50)43-31-16-19-33(51-5)20-17-31/h6-7,10,12-21,23,27-29,38,47H,8-9,11,22,24-26H2,1-5H3,(H,43,50)(H2,42,44,49)/t27-,28+,29-,38+/m1/s1. The lowest BCUT2D eigenvalue weighted by atomic mass is 10.0. The number of methoxy groups -OCH3 is 1. The number of nitrogens with one attached hydrogen (secondary N) is 3. The van der Waals surface area contributed by atoms with Gasteiger partial charge in [-0.05, 0) is 87.0 Å². The first-order valence-electron chi connectivity index (χ1n) is 18.1. The van der Waals surface area contributed by atoms with Crippen LogP contribution < -0.4 is 25.4 Å². The van der Waals surface area contributed by atoms with Gasteiger partial charge in [0.05, 0.1) is 43.2 Å². The van der Waals surface area contributed by atoms with Gasteiger partial charge in [0.15, 0.2) is 0 Å². The molecule has 12 heteroatoms. The Balaban J connectivity index is 1.36. The molecule has 0 unspecified atom stereocenters. The van der Waals surface area contributed by atoms with E-state index < -0.39 is 18.2 Å². The van der Waals surface area contributed by atoms with Gasteiger partial charge in [-0.15, -0.1) is 0 Å². The van der Waals surface area contributed by atoms with Crippen LogP contribution in [-0.2, 0) is 4.74 Å². The van der Waals surface area contributed by atoms with Crippen molar-refractivity contribution in [3.05, 3.63) is 90.5 Å². The van der Waals surface area contributed by atoms with Crippen LogP contribution in [0.3, 0.4) is 0 Å². The molecule has 0 saturated carbocycles. The van der Waals surface area contributed by atoms with Gasteiger partial charge in [0.25, 0.3) is 5.91 Å². The topological polar surface area (TPSA) is 142 Å². The van der Waals surface area contributed by atoms with Crippen molar-refractivity contribution in [3.8, 4) is 11.5 Å². The molecule has 5 amide bonds. The van der Waals surface area contributed by atoms with Crippen molar-refractivity contribution in [3.63, 3.8) is 0 Å². The number of aliphatic hydroxyl groups is 1. The SMILES string of the molecule is COc1ccc(NC(=O)N(C)C[C@@H]2OCCCC[C@@H](C)Oc3ccc(NC(=O)Nc4cccc5ccccc45)cc3C(=O)N([C@@H](C)CO)C[C@H]2C)cc1. The number of hydrogen-bond acceptors (Lipinski definition) is 7. The highest BCUT2D eigenvalue weighted by atomic mass is 16.5. The van der Waals surface area contributed by atoms with Crippen LogP contribution >= 0.6 is 0 Å². The highest BCUT2D eigenvalue weighted by Gasteiger charge is 2.31. The van der Waals surface area contributed by atoms with Crippen LogP contribution in [0.15, 0.2) is 84.9 Å². The summed E-state index contributed by atoms with van der Waals surface area (Å²) in [5.41, 5.74) is 1.95. The number of carbonyl (C=O) groups excluding carboxylic acids is 3. The summed E-state index contributed by atoms with van der Waals surface area (Å²) in [4.78, 5) is 44.1. The second kappa shape index (κ2) is 18.4. The molecule has 0 aliphatic carbocycles. The van der Waals surface area contributed by atoms with Crippen molar-refractivity contribution >= 4 is 45.8 Å². The summed E-state index contributed by atoms with van der Waals surface area (Å²) < 4.78 is 18.0. The lowest BCUT2D eigenvalue weighted by molar-refractivity contribution is -0.0115. The van der Waals surface area contributed by atoms with Crippen molar-refractivity contribution in [2.45, 2.75) is 58.3 Å². The van der Waals surface area contributed by atoms with Crippen molar-refractivity contribution in [2.24, 2.45) is 5.92 Å². The molecule has 1 aliphatic rings. The van der Waals surface area contributed by atoms with Gasteiger partial charge in [-0.3, -0.25) is 4.79 Å². The van der Waals surface area contributed by atoms with Gasteiger partial charge in [-0.1, -0.05) is 43.3 Å². The fourth-order valence-electron chi connectivity index (χ4n) is 6.33. The first kappa shape index (κ1) is 38.9. The largest absolute Gasteiger partial charge is 0.497 e. The fourth-order valence-corrected chi connectivity index (χ4v) is 6.33. The molecule has 4 atom stereocenters. The molecule has 1 aliphatic heterocycles. The van der Waals surface area contributed by atoms with E-state index >= 15 is 0 Å². The predicted octanol–water partition coefficient (Wildman–Crippen LogP) is 7.45. The maximum Gasteiger partial charge on any atom is 0.323 e. The number of likely N-dealkylation sites (N-methyl/N-ethyl adjacent to an activating group) is 1. The summed E-state index contributed by atoms with van der Waals surface area (Å²) in [6, 6.07) is 24.3. The Bertz CT molecular complexity index is 1850. The maximum atomic E-state index is 14.5. The molecule has 0 radical (unpaired) electrons. The summed E-state index contributed by atoms with van der Waals surface area (Å²) in [5, 5.41) is 20.9. The molecule has 1 heterocycles. The van der Waals surface area contributed by atoms with E-state index in [1.165, 1.54) is 0 Å². The van der Waals surface area contributed by atoms with Crippen LogP contribution in [0.2, 0.25) is 0 Å². The number of hydrogen-bond donors (Lipinski definition) is 4. The van der Waals surface area contributed by atoms with Crippen LogP contribution in [0, 0.1) is 5.92 Å². The number of nitrogens with zero attached hydrogens (tertiary/aromatic N) is 2. The maximum absolute atomic E-state index is 14.5. The van der Waals surface area contributed by atoms with Crippen molar-refractivity contribution < 1.29 is 33.7 Å². The summed E-state index contributed by atoms with van der Waals surface area (Å²) in [7, 11) is 3.29. The highest BCUT2D eigenvalue weighted by Crippen LogP contribution is 2.29. The summed E-state index contributed by atoms with van der Waals surface area (Å²) >= 11 is 0. The van der Waals surface area contributed by atoms with Gasteiger partial charge < -0.3 is 45.1 Å². The molecular formula is C41H51N5O7. The summed E-state index contributed by atoms with van der Waals surface area (Å²) in [5.74, 6) is 0.487. The first-order valence-corrected chi connectivity index (χ1v) is 18.1. The predicted molar refractivity (Wildman–Crippen MR) is 208 cm³/mol. The molecule has 0 saturated heterocycles. The second-order valence-corrected chi connectivity index (χ2v) is 13.7. The number of anilines is 3. The Morgan fingerprint density at radius 2 is 1.70 bits per heavy atom. The minimum Gasteiger partial charge on any atom is -0.497 e. The van der Waals surface area contributed by atoms with E-state index in [4.69, 9.17) is 14.2 Å². The Kier molecular flexibility index (Phi) is 13.5. The third-order valence-corrected chi connectivity index (χ3v) is 9.49. The molecule has 4 N–H and O–H groups in total. The van der Waals surface area contributed by atoms with Gasteiger partial charge in [0.1, 0.15) is 11.5 Å². The average Bonchev–Trinajstić information content (AvgIpc) is 3.16. The van der Waals surface area contributed by atoms with E-state index in [0.29, 0.717) is 35.2 Å². The van der Waals surface area contributed by atoms with Gasteiger partial charge in [-0.25, -0.2) is 9.59 Å². The molecule has 0 aromatic heterocycles. The fraction of sp³-hybridized carbons (Fsp3) is 0.390. The lowest BCUT2D eigenvalue weighted by Gasteiger charge is -2.35. The third-order valence-electron chi connectivity index (χ3n) is 9.49. The molecule has 0 spiro atoms. The molecule has 4 aromatic rings. The van der Waals surface area contributed by atoms with Gasteiger partial charge >= 0.3 is 12.1 Å². The van der Waals surface area contributed by atoms with Crippen LogP contribution in [-0.4, -0.2) is 91.6 Å². The molecule has 0 fully saturated rings. The minimum absolute atomic E-state index is 0.204. The molecule has 53 heavy (non-hydrogen) atoms. The number of carbonyl (C=O) groups is 3. The lowest BCUT2D eigenvalue weighted by Crippen LogP contribution is -2.48. The Hall–Kier alpha value is -5.33. The Labute approximate surface area is 311 Å². The van der Waals surface area contributed by atoms with Crippen LogP contribution in [0.4, 0.5) is 26.7 Å². The van der Waals surface area contributed by atoms with Gasteiger partial charge in [0.2, 0.25) is 0 Å². The normalized spacial score (nSPS) is 18.9. The van der Waals surface area contributed by atoms with E-state index in [0.717, 1.165) is 30.0 Å². The van der Waals surface area contributed by atoms with Crippen molar-refractivity contribution in [1.82, 2.24) is 9.80 Å². The number of fused-ring (bicyclic) bond motifs is 2. The van der Waals surface area contributed by atoms with Crippen LogP contribution in [0.5, 0.6) is 11.5 Å². The number of benzene rings is 4. The number of rotatable bonds is 8. The zero-order chi connectivity index (χ0) is 37.9. The molecule has 282 valence electrons. The van der Waals surface area contributed by atoms with Crippen LogP contribution in [0.1, 0.15) is 50.4 Å². The van der Waals surface area contributed by atoms with E-state index in [9.17, 15) is 19.5 Å². The quantitative estimate of drug-likeness (QED) is 0.148. The third kappa shape index (κ3) is 10.4. The Morgan fingerprint density at radius 3 is 2.45 bits per heavy atom. The summed E-state index contributed by atoms with van der Waals surface area (Å²) in [6.07, 6.45) is 1.73. The van der Waals surface area contributed by atoms with E-state index in [-0.39, 0.29) is 49.2 Å². The molecule has 5 rings (SSSR count). The number of aliphatic hydroxyl groups excluding tert-OH is 1. The van der Waals surface area contributed by atoms with E-state index in [1.54, 1.807) is 73.3 Å². The van der Waals surface area contributed by atoms with E-state index in [1.807, 2.05) is 56.3 Å².